The van der Waals surface area contributed by atoms with E-state index in [0.717, 1.165) is 0 Å². The van der Waals surface area contributed by atoms with Crippen molar-refractivity contribution in [1.29, 1.82) is 0 Å². The summed E-state index contributed by atoms with van der Waals surface area (Å²) >= 11 is 5.80. The van der Waals surface area contributed by atoms with Crippen LogP contribution in [-0.2, 0) is 4.79 Å². The van der Waals surface area contributed by atoms with Crippen LogP contribution in [0.15, 0.2) is 18.2 Å². The third-order valence-electron chi connectivity index (χ3n) is 3.08. The molecule has 1 rings (SSSR count). The fraction of sp³-hybridized carbons (Fsp3) is 0.429. The Morgan fingerprint density at radius 2 is 1.85 bits per heavy atom. The summed E-state index contributed by atoms with van der Waals surface area (Å²) in [6.07, 6.45) is 0. The highest BCUT2D eigenvalue weighted by atomic mass is 35.5. The molecular formula is C14H20ClN3O2. The second-order valence-corrected chi connectivity index (χ2v) is 4.90. The average Bonchev–Trinajstić information content (AvgIpc) is 2.39. The molecule has 0 fully saturated rings. The number of carbonyl (C=O) groups excluding carboxylic acids is 2. The second-order valence-electron chi connectivity index (χ2n) is 4.46. The van der Waals surface area contributed by atoms with E-state index in [4.69, 9.17) is 17.3 Å². The zero-order chi connectivity index (χ0) is 15.3. The maximum atomic E-state index is 12.2. The van der Waals surface area contributed by atoms with Gasteiger partial charge in [0.25, 0.3) is 5.91 Å². The molecule has 5 nitrogen and oxygen atoms in total. The molecule has 2 N–H and O–H groups in total. The lowest BCUT2D eigenvalue weighted by molar-refractivity contribution is -0.131. The number of benzene rings is 1. The third-order valence-corrected chi connectivity index (χ3v) is 3.31. The van der Waals surface area contributed by atoms with E-state index < -0.39 is 0 Å². The van der Waals surface area contributed by atoms with Crippen molar-refractivity contribution < 1.29 is 9.59 Å². The van der Waals surface area contributed by atoms with Crippen LogP contribution in [0.2, 0.25) is 5.02 Å². The summed E-state index contributed by atoms with van der Waals surface area (Å²) in [6, 6.07) is 4.69. The largest absolute Gasteiger partial charge is 0.398 e. The van der Waals surface area contributed by atoms with Crippen LogP contribution >= 0.6 is 11.6 Å². The Hall–Kier alpha value is -1.75. The molecule has 0 bridgehead atoms. The number of rotatable bonds is 5. The van der Waals surface area contributed by atoms with E-state index in [1.807, 2.05) is 13.8 Å². The van der Waals surface area contributed by atoms with E-state index >= 15 is 0 Å². The van der Waals surface area contributed by atoms with Crippen molar-refractivity contribution in [2.24, 2.45) is 0 Å². The van der Waals surface area contributed by atoms with Gasteiger partial charge in [0.1, 0.15) is 0 Å². The third kappa shape index (κ3) is 3.87. The number of hydrogen-bond acceptors (Lipinski definition) is 3. The number of nitrogen functional groups attached to an aromatic ring is 1. The maximum Gasteiger partial charge on any atom is 0.256 e. The lowest BCUT2D eigenvalue weighted by Gasteiger charge is -2.23. The van der Waals surface area contributed by atoms with E-state index in [0.29, 0.717) is 29.4 Å². The fourth-order valence-corrected chi connectivity index (χ4v) is 2.07. The van der Waals surface area contributed by atoms with Crippen LogP contribution in [0.1, 0.15) is 24.2 Å². The highest BCUT2D eigenvalue weighted by Gasteiger charge is 2.19. The lowest BCUT2D eigenvalue weighted by atomic mass is 10.1. The topological polar surface area (TPSA) is 66.6 Å². The molecular weight excluding hydrogens is 278 g/mol. The molecule has 0 aliphatic carbocycles. The Balaban J connectivity index is 2.79. The SMILES string of the molecule is CCN(CC)C(=O)CN(C)C(=O)c1ccc(Cl)cc1N. The number of amides is 2. The monoisotopic (exact) mass is 297 g/mol. The molecule has 2 amide bonds. The van der Waals surface area contributed by atoms with Gasteiger partial charge >= 0.3 is 0 Å². The minimum atomic E-state index is -0.292. The van der Waals surface area contributed by atoms with E-state index in [1.165, 1.54) is 11.0 Å². The van der Waals surface area contributed by atoms with Crippen molar-refractivity contribution in [3.8, 4) is 0 Å². The van der Waals surface area contributed by atoms with Gasteiger partial charge < -0.3 is 15.5 Å². The first-order valence-corrected chi connectivity index (χ1v) is 6.86. The summed E-state index contributed by atoms with van der Waals surface area (Å²) in [4.78, 5) is 27.3. The van der Waals surface area contributed by atoms with Gasteiger partial charge in [0, 0.05) is 30.8 Å². The molecule has 110 valence electrons. The van der Waals surface area contributed by atoms with Crippen LogP contribution in [-0.4, -0.2) is 48.3 Å². The van der Waals surface area contributed by atoms with Crippen LogP contribution in [0.3, 0.4) is 0 Å². The molecule has 20 heavy (non-hydrogen) atoms. The van der Waals surface area contributed by atoms with Gasteiger partial charge in [0.15, 0.2) is 0 Å². The number of carbonyl (C=O) groups is 2. The second kappa shape index (κ2) is 7.14. The molecule has 0 atom stereocenters. The van der Waals surface area contributed by atoms with Crippen molar-refractivity contribution in [1.82, 2.24) is 9.80 Å². The molecule has 0 radical (unpaired) electrons. The molecule has 0 saturated heterocycles. The predicted octanol–water partition coefficient (Wildman–Crippen LogP) is 1.86. The van der Waals surface area contributed by atoms with Crippen molar-refractivity contribution in [3.05, 3.63) is 28.8 Å². The maximum absolute atomic E-state index is 12.2. The quantitative estimate of drug-likeness (QED) is 0.844. The van der Waals surface area contributed by atoms with Crippen molar-refractivity contribution in [3.63, 3.8) is 0 Å². The smallest absolute Gasteiger partial charge is 0.256 e. The number of nitrogens with two attached hydrogens (primary N) is 1. The van der Waals surface area contributed by atoms with Gasteiger partial charge in [-0.15, -0.1) is 0 Å². The standard InChI is InChI=1S/C14H20ClN3O2/c1-4-18(5-2)13(19)9-17(3)14(20)11-7-6-10(15)8-12(11)16/h6-8H,4-5,9,16H2,1-3H3. The van der Waals surface area contributed by atoms with Crippen LogP contribution in [0.5, 0.6) is 0 Å². The summed E-state index contributed by atoms with van der Waals surface area (Å²) in [7, 11) is 1.58. The summed E-state index contributed by atoms with van der Waals surface area (Å²) in [5.74, 6) is -0.377. The Labute approximate surface area is 124 Å². The van der Waals surface area contributed by atoms with E-state index in [9.17, 15) is 9.59 Å². The molecule has 1 aromatic rings. The molecule has 0 spiro atoms. The average molecular weight is 298 g/mol. The van der Waals surface area contributed by atoms with Crippen LogP contribution in [0.4, 0.5) is 5.69 Å². The van der Waals surface area contributed by atoms with Crippen LogP contribution < -0.4 is 5.73 Å². The summed E-state index contributed by atoms with van der Waals surface area (Å²) in [5.41, 5.74) is 6.44. The van der Waals surface area contributed by atoms with Gasteiger partial charge in [-0.2, -0.15) is 0 Å². The van der Waals surface area contributed by atoms with Gasteiger partial charge in [0.2, 0.25) is 5.91 Å². The van der Waals surface area contributed by atoms with Crippen molar-refractivity contribution in [2.45, 2.75) is 13.8 Å². The Morgan fingerprint density at radius 3 is 2.35 bits per heavy atom. The van der Waals surface area contributed by atoms with Crippen molar-refractivity contribution in [2.75, 3.05) is 32.4 Å². The summed E-state index contributed by atoms with van der Waals surface area (Å²) in [6.45, 7) is 5.09. The fourth-order valence-electron chi connectivity index (χ4n) is 1.88. The predicted molar refractivity (Wildman–Crippen MR) is 80.8 cm³/mol. The molecule has 0 saturated carbocycles. The number of anilines is 1. The van der Waals surface area contributed by atoms with Crippen molar-refractivity contribution >= 4 is 29.1 Å². The minimum absolute atomic E-state index is 0.0303. The summed E-state index contributed by atoms with van der Waals surface area (Å²) in [5, 5.41) is 0.473. The van der Waals surface area contributed by atoms with Crippen LogP contribution in [0.25, 0.3) is 0 Å². The van der Waals surface area contributed by atoms with E-state index in [1.54, 1.807) is 24.1 Å². The molecule has 1 aromatic carbocycles. The zero-order valence-corrected chi connectivity index (χ0v) is 12.8. The minimum Gasteiger partial charge on any atom is -0.398 e. The normalized spacial score (nSPS) is 10.2. The first kappa shape index (κ1) is 16.3. The molecule has 0 aliphatic heterocycles. The molecule has 0 aliphatic rings. The van der Waals surface area contributed by atoms with Crippen LogP contribution in [0, 0.1) is 0 Å². The van der Waals surface area contributed by atoms with Gasteiger partial charge in [0.05, 0.1) is 12.1 Å². The molecule has 6 heteroatoms. The molecule has 0 heterocycles. The first-order chi connectivity index (χ1) is 9.40. The number of hydrogen-bond donors (Lipinski definition) is 1. The molecule has 0 unspecified atom stereocenters. The highest BCUT2D eigenvalue weighted by Crippen LogP contribution is 2.19. The molecule has 0 aromatic heterocycles. The Bertz CT molecular complexity index is 501. The van der Waals surface area contributed by atoms with Gasteiger partial charge in [-0.05, 0) is 32.0 Å². The lowest BCUT2D eigenvalue weighted by Crippen LogP contribution is -2.41. The van der Waals surface area contributed by atoms with E-state index in [-0.39, 0.29) is 18.4 Å². The highest BCUT2D eigenvalue weighted by molar-refractivity contribution is 6.31. The zero-order valence-electron chi connectivity index (χ0n) is 12.0. The van der Waals surface area contributed by atoms with Gasteiger partial charge in [-0.25, -0.2) is 0 Å². The van der Waals surface area contributed by atoms with Gasteiger partial charge in [-0.3, -0.25) is 9.59 Å². The number of likely N-dealkylation sites (N-methyl/N-ethyl adjacent to an activating group) is 2. The van der Waals surface area contributed by atoms with Gasteiger partial charge in [-0.1, -0.05) is 11.6 Å². The first-order valence-electron chi connectivity index (χ1n) is 6.48. The summed E-state index contributed by atoms with van der Waals surface area (Å²) < 4.78 is 0. The number of halogens is 1. The Morgan fingerprint density at radius 1 is 1.25 bits per heavy atom. The Kier molecular flexibility index (Phi) is 5.82. The number of nitrogens with zero attached hydrogens (tertiary/aromatic N) is 2. The van der Waals surface area contributed by atoms with E-state index in [2.05, 4.69) is 0 Å².